The van der Waals surface area contributed by atoms with Crippen molar-refractivity contribution in [2.24, 2.45) is 11.8 Å². The Morgan fingerprint density at radius 2 is 1.90 bits per heavy atom. The lowest BCUT2D eigenvalue weighted by Gasteiger charge is -2.41. The minimum absolute atomic E-state index is 0.0267. The molecule has 1 saturated heterocycles. The molecule has 1 aliphatic carbocycles. The molecule has 1 heterocycles. The fraction of sp³-hybridized carbons (Fsp3) is 0.500. The Hall–Kier alpha value is -1.11. The maximum atomic E-state index is 12.9. The number of hydrogen-bond donors (Lipinski definition) is 1. The number of rotatable bonds is 3. The van der Waals surface area contributed by atoms with Crippen molar-refractivity contribution in [3.05, 3.63) is 27.8 Å². The number of para-hydroxylation sites is 1. The first-order valence-corrected chi connectivity index (χ1v) is 8.46. The van der Waals surface area contributed by atoms with Gasteiger partial charge < -0.3 is 5.32 Å². The van der Waals surface area contributed by atoms with Gasteiger partial charge in [-0.05, 0) is 59.4 Å². The maximum absolute atomic E-state index is 12.9. The molecule has 2 atom stereocenters. The van der Waals surface area contributed by atoms with Crippen LogP contribution in [0.2, 0.25) is 0 Å². The molecule has 2 fully saturated rings. The molecule has 1 aromatic rings. The Balaban J connectivity index is 2.03. The maximum Gasteiger partial charge on any atom is 0.250 e. The van der Waals surface area contributed by atoms with Crippen LogP contribution in [0.25, 0.3) is 0 Å². The van der Waals surface area contributed by atoms with Crippen molar-refractivity contribution >= 4 is 40.1 Å². The van der Waals surface area contributed by atoms with Crippen molar-refractivity contribution < 1.29 is 9.59 Å². The van der Waals surface area contributed by atoms with Crippen LogP contribution >= 0.6 is 22.6 Å². The summed E-state index contributed by atoms with van der Waals surface area (Å²) < 4.78 is 0.998. The molecule has 1 aromatic carbocycles. The average Bonchev–Trinajstić information content (AvgIpc) is 3.25. The van der Waals surface area contributed by atoms with Gasteiger partial charge in [-0.2, -0.15) is 0 Å². The molecule has 2 amide bonds. The number of piperazine rings is 1. The summed E-state index contributed by atoms with van der Waals surface area (Å²) in [5.41, 5.74) is 0.849. The molecule has 0 spiro atoms. The highest BCUT2D eigenvalue weighted by molar-refractivity contribution is 14.1. The molecule has 3 rings (SSSR count). The summed E-state index contributed by atoms with van der Waals surface area (Å²) in [7, 11) is 0. The van der Waals surface area contributed by atoms with Gasteiger partial charge in [0, 0.05) is 3.57 Å². The van der Waals surface area contributed by atoms with Crippen LogP contribution < -0.4 is 10.2 Å². The largest absolute Gasteiger partial charge is 0.342 e. The second kappa shape index (κ2) is 5.59. The molecule has 0 aromatic heterocycles. The normalized spacial score (nSPS) is 26.2. The number of halogens is 1. The average molecular weight is 398 g/mol. The monoisotopic (exact) mass is 398 g/mol. The molecular formula is C16H19IN2O2. The first-order valence-electron chi connectivity index (χ1n) is 7.38. The molecule has 4 nitrogen and oxygen atoms in total. The van der Waals surface area contributed by atoms with E-state index in [1.54, 1.807) is 4.90 Å². The summed E-state index contributed by atoms with van der Waals surface area (Å²) in [4.78, 5) is 27.2. The molecule has 1 N–H and O–H groups in total. The third-order valence-electron chi connectivity index (χ3n) is 4.18. The number of nitrogens with zero attached hydrogens (tertiary/aromatic N) is 1. The minimum Gasteiger partial charge on any atom is -0.342 e. The second-order valence-corrected chi connectivity index (χ2v) is 7.33. The Kier molecular flexibility index (Phi) is 3.94. The molecular weight excluding hydrogens is 379 g/mol. The number of hydrogen-bond acceptors (Lipinski definition) is 2. The highest BCUT2D eigenvalue weighted by atomic mass is 127. The van der Waals surface area contributed by atoms with Crippen molar-refractivity contribution in [1.29, 1.82) is 0 Å². The third kappa shape index (κ3) is 2.67. The quantitative estimate of drug-likeness (QED) is 0.796. The highest BCUT2D eigenvalue weighted by Crippen LogP contribution is 2.37. The number of nitrogens with one attached hydrogen (secondary N) is 1. The molecule has 2 unspecified atom stereocenters. The lowest BCUT2D eigenvalue weighted by atomic mass is 9.95. The van der Waals surface area contributed by atoms with E-state index in [-0.39, 0.29) is 23.8 Å². The zero-order valence-electron chi connectivity index (χ0n) is 12.2. The fourth-order valence-electron chi connectivity index (χ4n) is 2.97. The summed E-state index contributed by atoms with van der Waals surface area (Å²) >= 11 is 2.23. The number of carbonyl (C=O) groups excluding carboxylic acids is 2. The van der Waals surface area contributed by atoms with Gasteiger partial charge in [-0.1, -0.05) is 26.0 Å². The number of anilines is 1. The summed E-state index contributed by atoms with van der Waals surface area (Å²) in [5.74, 6) is 0.407. The highest BCUT2D eigenvalue weighted by Gasteiger charge is 2.48. The number of amides is 2. The van der Waals surface area contributed by atoms with Gasteiger partial charge in [0.05, 0.1) is 5.69 Å². The van der Waals surface area contributed by atoms with Crippen LogP contribution in [0.3, 0.4) is 0 Å². The molecule has 112 valence electrons. The lowest BCUT2D eigenvalue weighted by Crippen LogP contribution is -2.66. The van der Waals surface area contributed by atoms with E-state index in [1.807, 2.05) is 38.1 Å². The van der Waals surface area contributed by atoms with Crippen LogP contribution in [-0.2, 0) is 9.59 Å². The fourth-order valence-corrected chi connectivity index (χ4v) is 3.62. The first kappa shape index (κ1) is 14.8. The van der Waals surface area contributed by atoms with Crippen molar-refractivity contribution in [3.8, 4) is 0 Å². The predicted molar refractivity (Wildman–Crippen MR) is 89.9 cm³/mol. The van der Waals surface area contributed by atoms with Gasteiger partial charge in [0.15, 0.2) is 0 Å². The summed E-state index contributed by atoms with van der Waals surface area (Å²) in [5, 5.41) is 2.95. The van der Waals surface area contributed by atoms with Crippen LogP contribution in [0, 0.1) is 15.4 Å². The van der Waals surface area contributed by atoms with Gasteiger partial charge >= 0.3 is 0 Å². The van der Waals surface area contributed by atoms with Crippen LogP contribution in [0.15, 0.2) is 24.3 Å². The molecule has 5 heteroatoms. The Bertz CT molecular complexity index is 583. The van der Waals surface area contributed by atoms with Crippen LogP contribution in [0.1, 0.15) is 26.7 Å². The molecule has 21 heavy (non-hydrogen) atoms. The van der Waals surface area contributed by atoms with Gasteiger partial charge in [0.25, 0.3) is 5.91 Å². The zero-order chi connectivity index (χ0) is 15.1. The minimum atomic E-state index is -0.427. The van der Waals surface area contributed by atoms with Gasteiger partial charge in [-0.15, -0.1) is 0 Å². The van der Waals surface area contributed by atoms with Crippen LogP contribution in [0.5, 0.6) is 0 Å². The van der Waals surface area contributed by atoms with Gasteiger partial charge in [-0.25, -0.2) is 0 Å². The van der Waals surface area contributed by atoms with Crippen molar-refractivity contribution in [1.82, 2.24) is 5.32 Å². The molecule has 0 radical (unpaired) electrons. The van der Waals surface area contributed by atoms with E-state index < -0.39 is 6.04 Å². The van der Waals surface area contributed by atoms with Gasteiger partial charge in [-0.3, -0.25) is 14.5 Å². The summed E-state index contributed by atoms with van der Waals surface area (Å²) in [6, 6.07) is 6.99. The molecule has 0 bridgehead atoms. The van der Waals surface area contributed by atoms with Crippen molar-refractivity contribution in [2.75, 3.05) is 4.90 Å². The molecule has 2 aliphatic rings. The lowest BCUT2D eigenvalue weighted by molar-refractivity contribution is -0.135. The van der Waals surface area contributed by atoms with Gasteiger partial charge in [0.1, 0.15) is 12.1 Å². The Labute approximate surface area is 138 Å². The first-order chi connectivity index (χ1) is 10.0. The number of carbonyl (C=O) groups is 2. The molecule has 1 aliphatic heterocycles. The topological polar surface area (TPSA) is 49.4 Å². The predicted octanol–water partition coefficient (Wildman–Crippen LogP) is 2.56. The standard InChI is InChI=1S/C16H19IN2O2/c1-9(2)14-15(20)18-13(10-7-8-10)16(21)19(14)12-6-4-3-5-11(12)17/h3-6,9-10,13-14H,7-8H2,1-2H3,(H,18,20). The number of benzene rings is 1. The van der Waals surface area contributed by atoms with E-state index in [0.717, 1.165) is 22.1 Å². The molecule has 1 saturated carbocycles. The summed E-state index contributed by atoms with van der Waals surface area (Å²) in [6.07, 6.45) is 2.06. The van der Waals surface area contributed by atoms with E-state index in [0.29, 0.717) is 5.92 Å². The van der Waals surface area contributed by atoms with Crippen LogP contribution in [-0.4, -0.2) is 23.9 Å². The Morgan fingerprint density at radius 3 is 2.48 bits per heavy atom. The smallest absolute Gasteiger partial charge is 0.250 e. The second-order valence-electron chi connectivity index (χ2n) is 6.17. The van der Waals surface area contributed by atoms with Crippen LogP contribution in [0.4, 0.5) is 5.69 Å². The Morgan fingerprint density at radius 1 is 1.24 bits per heavy atom. The van der Waals surface area contributed by atoms with E-state index in [2.05, 4.69) is 27.9 Å². The van der Waals surface area contributed by atoms with E-state index in [1.165, 1.54) is 0 Å². The summed E-state index contributed by atoms with van der Waals surface area (Å²) in [6.45, 7) is 3.97. The van der Waals surface area contributed by atoms with Crippen molar-refractivity contribution in [3.63, 3.8) is 0 Å². The van der Waals surface area contributed by atoms with E-state index in [4.69, 9.17) is 0 Å². The van der Waals surface area contributed by atoms with Gasteiger partial charge in [0.2, 0.25) is 5.91 Å². The van der Waals surface area contributed by atoms with E-state index in [9.17, 15) is 9.59 Å². The van der Waals surface area contributed by atoms with E-state index >= 15 is 0 Å². The third-order valence-corrected chi connectivity index (χ3v) is 5.10. The zero-order valence-corrected chi connectivity index (χ0v) is 14.3. The van der Waals surface area contributed by atoms with Crippen molar-refractivity contribution in [2.45, 2.75) is 38.8 Å². The SMILES string of the molecule is CC(C)C1C(=O)NC(C2CC2)C(=O)N1c1ccccc1I.